The number of hydrogen-bond donors (Lipinski definition) is 1. The number of imidazole rings is 1. The molecule has 1 heterocycles. The largest absolute Gasteiger partial charge is 0.483 e. The first-order valence-corrected chi connectivity index (χ1v) is 8.60. The van der Waals surface area contributed by atoms with Crippen LogP contribution in [0.4, 0.5) is 0 Å². The molecule has 0 bridgehead atoms. The molecule has 3 aromatic rings. The van der Waals surface area contributed by atoms with E-state index in [2.05, 4.69) is 16.9 Å². The highest BCUT2D eigenvalue weighted by Crippen LogP contribution is 2.25. The third-order valence-corrected chi connectivity index (χ3v) is 4.33. The van der Waals surface area contributed by atoms with Gasteiger partial charge in [-0.2, -0.15) is 0 Å². The number of ether oxygens (including phenoxy) is 1. The van der Waals surface area contributed by atoms with Gasteiger partial charge >= 0.3 is 0 Å². The Morgan fingerprint density at radius 1 is 1.12 bits per heavy atom. The van der Waals surface area contributed by atoms with Gasteiger partial charge in [-0.1, -0.05) is 54.4 Å². The summed E-state index contributed by atoms with van der Waals surface area (Å²) in [5.41, 5.74) is 2.00. The minimum Gasteiger partial charge on any atom is -0.483 e. The van der Waals surface area contributed by atoms with Crippen LogP contribution in [0.1, 0.15) is 36.5 Å². The fourth-order valence-electron chi connectivity index (χ4n) is 2.50. The van der Waals surface area contributed by atoms with Crippen molar-refractivity contribution in [1.29, 1.82) is 0 Å². The molecular formula is C19H18Cl2N2O. The fourth-order valence-corrected chi connectivity index (χ4v) is 2.97. The molecule has 0 saturated carbocycles. The molecule has 1 N–H and O–H groups in total. The molecular weight excluding hydrogens is 343 g/mol. The number of aromatic amines is 1. The molecule has 0 saturated heterocycles. The molecule has 0 spiro atoms. The van der Waals surface area contributed by atoms with Crippen molar-refractivity contribution in [3.8, 4) is 5.75 Å². The average molecular weight is 361 g/mol. The molecule has 0 aliphatic rings. The molecule has 124 valence electrons. The van der Waals surface area contributed by atoms with Crippen LogP contribution in [-0.4, -0.2) is 9.97 Å². The number of hydrogen-bond acceptors (Lipinski definition) is 2. The number of rotatable bonds is 6. The SMILES string of the molecule is CCC(Oc1ccccc1)c1ncc(Cc2ccc(Cl)cc2Cl)[nH]1. The van der Waals surface area contributed by atoms with E-state index in [1.807, 2.05) is 48.7 Å². The Morgan fingerprint density at radius 2 is 1.92 bits per heavy atom. The van der Waals surface area contributed by atoms with E-state index >= 15 is 0 Å². The van der Waals surface area contributed by atoms with Crippen molar-refractivity contribution in [3.63, 3.8) is 0 Å². The Balaban J connectivity index is 1.74. The van der Waals surface area contributed by atoms with Crippen LogP contribution in [0.25, 0.3) is 0 Å². The second-order valence-corrected chi connectivity index (χ2v) is 6.38. The van der Waals surface area contributed by atoms with Gasteiger partial charge in [0.25, 0.3) is 0 Å². The highest BCUT2D eigenvalue weighted by atomic mass is 35.5. The number of H-pyrrole nitrogens is 1. The summed E-state index contributed by atoms with van der Waals surface area (Å²) >= 11 is 12.2. The Bertz CT molecular complexity index is 802. The van der Waals surface area contributed by atoms with Crippen LogP contribution >= 0.6 is 23.2 Å². The zero-order valence-electron chi connectivity index (χ0n) is 13.3. The lowest BCUT2D eigenvalue weighted by Gasteiger charge is -2.15. The number of halogens is 2. The molecule has 3 rings (SSSR count). The van der Waals surface area contributed by atoms with Crippen molar-refractivity contribution in [1.82, 2.24) is 9.97 Å². The van der Waals surface area contributed by atoms with Crippen LogP contribution in [0, 0.1) is 0 Å². The molecule has 24 heavy (non-hydrogen) atoms. The molecule has 0 aliphatic carbocycles. The van der Waals surface area contributed by atoms with Gasteiger partial charge in [0.05, 0.1) is 0 Å². The third-order valence-electron chi connectivity index (χ3n) is 3.74. The number of nitrogens with one attached hydrogen (secondary N) is 1. The summed E-state index contributed by atoms with van der Waals surface area (Å²) < 4.78 is 6.02. The summed E-state index contributed by atoms with van der Waals surface area (Å²) in [4.78, 5) is 7.82. The van der Waals surface area contributed by atoms with Gasteiger partial charge in [-0.3, -0.25) is 0 Å². The summed E-state index contributed by atoms with van der Waals surface area (Å²) in [6.45, 7) is 2.08. The van der Waals surface area contributed by atoms with Crippen molar-refractivity contribution >= 4 is 23.2 Å². The van der Waals surface area contributed by atoms with E-state index in [4.69, 9.17) is 27.9 Å². The van der Waals surface area contributed by atoms with Crippen LogP contribution in [0.5, 0.6) is 5.75 Å². The molecule has 1 aromatic heterocycles. The van der Waals surface area contributed by atoms with Crippen LogP contribution in [0.3, 0.4) is 0 Å². The molecule has 1 atom stereocenters. The summed E-state index contributed by atoms with van der Waals surface area (Å²) in [7, 11) is 0. The first kappa shape index (κ1) is 16.9. The van der Waals surface area contributed by atoms with Crippen molar-refractivity contribution in [2.24, 2.45) is 0 Å². The minimum absolute atomic E-state index is 0.109. The predicted molar refractivity (Wildman–Crippen MR) is 98.0 cm³/mol. The molecule has 1 unspecified atom stereocenters. The summed E-state index contributed by atoms with van der Waals surface area (Å²) in [5, 5.41) is 1.29. The number of benzene rings is 2. The number of nitrogens with zero attached hydrogens (tertiary/aromatic N) is 1. The second-order valence-electron chi connectivity index (χ2n) is 5.53. The first-order valence-electron chi connectivity index (χ1n) is 7.85. The van der Waals surface area contributed by atoms with Gasteiger partial charge in [0.1, 0.15) is 11.6 Å². The van der Waals surface area contributed by atoms with Crippen molar-refractivity contribution in [2.75, 3.05) is 0 Å². The van der Waals surface area contributed by atoms with E-state index in [9.17, 15) is 0 Å². The van der Waals surface area contributed by atoms with Crippen LogP contribution in [0.2, 0.25) is 10.0 Å². The van der Waals surface area contributed by atoms with Crippen molar-refractivity contribution in [3.05, 3.63) is 81.9 Å². The maximum atomic E-state index is 6.24. The van der Waals surface area contributed by atoms with Crippen LogP contribution in [-0.2, 0) is 6.42 Å². The zero-order chi connectivity index (χ0) is 16.9. The topological polar surface area (TPSA) is 37.9 Å². The van der Waals surface area contributed by atoms with Gasteiger partial charge in [0, 0.05) is 28.4 Å². The lowest BCUT2D eigenvalue weighted by atomic mass is 10.1. The molecule has 0 amide bonds. The predicted octanol–water partition coefficient (Wildman–Crippen LogP) is 5.84. The molecule has 0 fully saturated rings. The zero-order valence-corrected chi connectivity index (χ0v) is 14.8. The Labute approximate surface area is 151 Å². The maximum absolute atomic E-state index is 6.24. The van der Waals surface area contributed by atoms with E-state index in [0.717, 1.165) is 29.3 Å². The van der Waals surface area contributed by atoms with Gasteiger partial charge in [0.15, 0.2) is 6.10 Å². The third kappa shape index (κ3) is 4.11. The molecule has 0 radical (unpaired) electrons. The summed E-state index contributed by atoms with van der Waals surface area (Å²) in [5.74, 6) is 1.66. The van der Waals surface area contributed by atoms with Gasteiger partial charge in [-0.15, -0.1) is 0 Å². The number of aromatic nitrogens is 2. The van der Waals surface area contributed by atoms with Gasteiger partial charge < -0.3 is 9.72 Å². The fraction of sp³-hybridized carbons (Fsp3) is 0.211. The van der Waals surface area contributed by atoms with E-state index in [1.54, 1.807) is 6.07 Å². The van der Waals surface area contributed by atoms with Gasteiger partial charge in [0.2, 0.25) is 0 Å². The van der Waals surface area contributed by atoms with E-state index in [1.165, 1.54) is 0 Å². The maximum Gasteiger partial charge on any atom is 0.156 e. The number of para-hydroxylation sites is 1. The Kier molecular flexibility index (Phi) is 5.44. The first-order chi connectivity index (χ1) is 11.7. The monoisotopic (exact) mass is 360 g/mol. The van der Waals surface area contributed by atoms with Gasteiger partial charge in [-0.05, 0) is 36.2 Å². The smallest absolute Gasteiger partial charge is 0.156 e. The van der Waals surface area contributed by atoms with E-state index in [0.29, 0.717) is 16.5 Å². The van der Waals surface area contributed by atoms with E-state index in [-0.39, 0.29) is 6.10 Å². The Hall–Kier alpha value is -1.97. The van der Waals surface area contributed by atoms with Crippen molar-refractivity contribution in [2.45, 2.75) is 25.9 Å². The lowest BCUT2D eigenvalue weighted by Crippen LogP contribution is -2.08. The highest BCUT2D eigenvalue weighted by Gasteiger charge is 2.15. The molecule has 3 nitrogen and oxygen atoms in total. The van der Waals surface area contributed by atoms with Gasteiger partial charge in [-0.25, -0.2) is 4.98 Å². The second kappa shape index (κ2) is 7.73. The van der Waals surface area contributed by atoms with Crippen LogP contribution < -0.4 is 4.74 Å². The highest BCUT2D eigenvalue weighted by molar-refractivity contribution is 6.35. The molecule has 0 aliphatic heterocycles. The molecule has 2 aromatic carbocycles. The summed E-state index contributed by atoms with van der Waals surface area (Å²) in [6, 6.07) is 15.3. The quantitative estimate of drug-likeness (QED) is 0.599. The normalized spacial score (nSPS) is 12.1. The molecule has 5 heteroatoms. The minimum atomic E-state index is -0.109. The van der Waals surface area contributed by atoms with E-state index < -0.39 is 0 Å². The average Bonchev–Trinajstić information content (AvgIpc) is 3.04. The van der Waals surface area contributed by atoms with Crippen LogP contribution in [0.15, 0.2) is 54.7 Å². The lowest BCUT2D eigenvalue weighted by molar-refractivity contribution is 0.192. The van der Waals surface area contributed by atoms with Crippen molar-refractivity contribution < 1.29 is 4.74 Å². The standard InChI is InChI=1S/C19H18Cl2N2O/c1-2-18(24-16-6-4-3-5-7-16)19-22-12-15(23-19)10-13-8-9-14(20)11-17(13)21/h3-9,11-12,18H,2,10H2,1H3,(H,22,23). The Morgan fingerprint density at radius 3 is 2.62 bits per heavy atom. The summed E-state index contributed by atoms with van der Waals surface area (Å²) in [6.07, 6.45) is 3.22.